The maximum absolute atomic E-state index is 12.5. The van der Waals surface area contributed by atoms with Crippen LogP contribution in [0.15, 0.2) is 30.3 Å². The van der Waals surface area contributed by atoms with E-state index in [1.165, 1.54) is 5.56 Å². The molecule has 43 heavy (non-hydrogen) atoms. The highest BCUT2D eigenvalue weighted by Crippen LogP contribution is 2.36. The topological polar surface area (TPSA) is 128 Å². The maximum Gasteiger partial charge on any atom is 0.407 e. The lowest BCUT2D eigenvalue weighted by atomic mass is 9.81. The number of aromatic amines is 1. The summed E-state index contributed by atoms with van der Waals surface area (Å²) in [6.45, 7) is 4.79. The van der Waals surface area contributed by atoms with Crippen LogP contribution in [0.5, 0.6) is 6.01 Å². The summed E-state index contributed by atoms with van der Waals surface area (Å²) in [4.78, 5) is 24.8. The minimum absolute atomic E-state index is 0.00893. The smallest absolute Gasteiger partial charge is 0.407 e. The third kappa shape index (κ3) is 6.77. The normalized spacial score (nSPS) is 27.0. The van der Waals surface area contributed by atoms with E-state index < -0.39 is 6.10 Å². The Bertz CT molecular complexity index is 1390. The molecule has 3 fully saturated rings. The molecule has 2 saturated heterocycles. The first kappa shape index (κ1) is 30.1. The number of ether oxygens (including phenoxy) is 4. The molecule has 1 saturated carbocycles. The lowest BCUT2D eigenvalue weighted by Gasteiger charge is -2.30. The van der Waals surface area contributed by atoms with Gasteiger partial charge in [-0.2, -0.15) is 4.98 Å². The molecule has 1 aliphatic carbocycles. The van der Waals surface area contributed by atoms with E-state index in [-0.39, 0.29) is 43.2 Å². The van der Waals surface area contributed by atoms with Gasteiger partial charge >= 0.3 is 6.09 Å². The van der Waals surface area contributed by atoms with Gasteiger partial charge in [-0.05, 0) is 56.1 Å². The van der Waals surface area contributed by atoms with Gasteiger partial charge in [-0.15, -0.1) is 0 Å². The van der Waals surface area contributed by atoms with Crippen LogP contribution in [-0.4, -0.2) is 75.9 Å². The molecule has 1 aromatic carbocycles. The zero-order valence-corrected chi connectivity index (χ0v) is 25.5. The molecule has 0 radical (unpaired) electrons. The van der Waals surface area contributed by atoms with Gasteiger partial charge in [0, 0.05) is 11.6 Å². The second kappa shape index (κ2) is 13.4. The van der Waals surface area contributed by atoms with Crippen molar-refractivity contribution in [3.8, 4) is 17.3 Å². The molecule has 232 valence electrons. The fourth-order valence-corrected chi connectivity index (χ4v) is 6.85. The van der Waals surface area contributed by atoms with Crippen LogP contribution in [0.3, 0.4) is 0 Å². The average molecular weight is 613 g/mol. The number of hydrogen-bond donors (Lipinski definition) is 3. The van der Waals surface area contributed by atoms with Crippen molar-refractivity contribution in [1.82, 2.24) is 20.3 Å². The van der Waals surface area contributed by atoms with E-state index in [0.29, 0.717) is 40.4 Å². The molecule has 2 aliphatic heterocycles. The number of nitrogens with zero attached hydrogens (tertiary/aromatic N) is 2. The quantitative estimate of drug-likeness (QED) is 0.258. The third-order valence-corrected chi connectivity index (χ3v) is 9.14. The molecule has 3 aliphatic rings. The number of fused-ring (bicyclic) bond motifs is 2. The Morgan fingerprint density at radius 3 is 2.51 bits per heavy atom. The number of nitrogens with one attached hydrogen (secondary N) is 2. The van der Waals surface area contributed by atoms with Crippen LogP contribution in [0, 0.1) is 0 Å². The zero-order valence-electron chi connectivity index (χ0n) is 24.8. The first-order valence-corrected chi connectivity index (χ1v) is 16.0. The van der Waals surface area contributed by atoms with Gasteiger partial charge in [0.25, 0.3) is 6.01 Å². The van der Waals surface area contributed by atoms with E-state index in [9.17, 15) is 9.90 Å². The highest BCUT2D eigenvalue weighted by molar-refractivity contribution is 6.33. The minimum atomic E-state index is -0.639. The van der Waals surface area contributed by atoms with Crippen LogP contribution in [-0.2, 0) is 14.2 Å². The van der Waals surface area contributed by atoms with Crippen LogP contribution < -0.4 is 10.1 Å². The molecule has 1 amide bonds. The van der Waals surface area contributed by atoms with Gasteiger partial charge < -0.3 is 34.4 Å². The SMILES string of the molecule is CCCC(CCC)OC(=O)NC1CCC(c2ccc(-c3nc4nc(OC5COC6C(O)COC56)[nH]c4cc3Cl)cc2)CC1. The highest BCUT2D eigenvalue weighted by Gasteiger charge is 2.48. The van der Waals surface area contributed by atoms with Gasteiger partial charge in [0.05, 0.1) is 29.4 Å². The molecule has 10 nitrogen and oxygen atoms in total. The number of aliphatic hydroxyl groups excluding tert-OH is 1. The molecule has 3 aromatic rings. The molecule has 0 bridgehead atoms. The Hall–Kier alpha value is -2.92. The minimum Gasteiger partial charge on any atom is -0.456 e. The van der Waals surface area contributed by atoms with Crippen LogP contribution >= 0.6 is 11.6 Å². The first-order valence-electron chi connectivity index (χ1n) is 15.6. The number of hydrogen-bond acceptors (Lipinski definition) is 8. The number of halogens is 1. The molecule has 4 unspecified atom stereocenters. The number of imidazole rings is 1. The molecule has 6 rings (SSSR count). The number of pyridine rings is 1. The molecule has 3 N–H and O–H groups in total. The summed E-state index contributed by atoms with van der Waals surface area (Å²) in [5, 5.41) is 13.6. The summed E-state index contributed by atoms with van der Waals surface area (Å²) in [7, 11) is 0. The molecule has 11 heteroatoms. The van der Waals surface area contributed by atoms with Crippen molar-refractivity contribution in [3.05, 3.63) is 40.9 Å². The highest BCUT2D eigenvalue weighted by atomic mass is 35.5. The molecular formula is C32H41ClN4O6. The van der Waals surface area contributed by atoms with Crippen molar-refractivity contribution in [2.75, 3.05) is 13.2 Å². The van der Waals surface area contributed by atoms with E-state index in [4.69, 9.17) is 35.5 Å². The predicted molar refractivity (Wildman–Crippen MR) is 162 cm³/mol. The van der Waals surface area contributed by atoms with Crippen LogP contribution in [0.4, 0.5) is 4.79 Å². The fourth-order valence-electron chi connectivity index (χ4n) is 6.58. The number of carbonyl (C=O) groups is 1. The Morgan fingerprint density at radius 2 is 1.79 bits per heavy atom. The van der Waals surface area contributed by atoms with Gasteiger partial charge in [0.1, 0.15) is 24.4 Å². The van der Waals surface area contributed by atoms with Crippen molar-refractivity contribution < 1.29 is 28.8 Å². The second-order valence-corrected chi connectivity index (χ2v) is 12.4. The summed E-state index contributed by atoms with van der Waals surface area (Å²) >= 11 is 6.66. The molecule has 4 heterocycles. The monoisotopic (exact) mass is 612 g/mol. The van der Waals surface area contributed by atoms with Crippen molar-refractivity contribution in [1.29, 1.82) is 0 Å². The van der Waals surface area contributed by atoms with E-state index >= 15 is 0 Å². The van der Waals surface area contributed by atoms with Crippen molar-refractivity contribution in [2.45, 2.75) is 108 Å². The van der Waals surface area contributed by atoms with E-state index in [1.54, 1.807) is 0 Å². The van der Waals surface area contributed by atoms with Gasteiger partial charge in [-0.1, -0.05) is 62.6 Å². The van der Waals surface area contributed by atoms with Crippen LogP contribution in [0.25, 0.3) is 22.4 Å². The van der Waals surface area contributed by atoms with Crippen molar-refractivity contribution in [2.24, 2.45) is 0 Å². The Balaban J connectivity index is 1.05. The van der Waals surface area contributed by atoms with E-state index in [2.05, 4.69) is 53.4 Å². The van der Waals surface area contributed by atoms with Crippen LogP contribution in [0.2, 0.25) is 5.02 Å². The van der Waals surface area contributed by atoms with Gasteiger partial charge in [-0.25, -0.2) is 9.78 Å². The number of H-pyrrole nitrogens is 1. The predicted octanol–water partition coefficient (Wildman–Crippen LogP) is 5.91. The summed E-state index contributed by atoms with van der Waals surface area (Å²) in [6, 6.07) is 10.7. The largest absolute Gasteiger partial charge is 0.456 e. The zero-order chi connectivity index (χ0) is 29.9. The maximum atomic E-state index is 12.5. The van der Waals surface area contributed by atoms with E-state index in [1.807, 2.05) is 6.07 Å². The lowest BCUT2D eigenvalue weighted by Crippen LogP contribution is -2.39. The van der Waals surface area contributed by atoms with Gasteiger partial charge in [0.15, 0.2) is 11.8 Å². The molecular weight excluding hydrogens is 572 g/mol. The summed E-state index contributed by atoms with van der Waals surface area (Å²) in [6.07, 6.45) is 5.76. The van der Waals surface area contributed by atoms with Gasteiger partial charge in [-0.3, -0.25) is 0 Å². The first-order chi connectivity index (χ1) is 20.9. The number of aliphatic hydroxyl groups is 1. The number of benzene rings is 1. The molecule has 4 atom stereocenters. The number of alkyl carbamates (subject to hydrolysis) is 1. The molecule has 0 spiro atoms. The third-order valence-electron chi connectivity index (χ3n) is 8.85. The summed E-state index contributed by atoms with van der Waals surface area (Å²) in [5.41, 5.74) is 4.01. The Labute approximate surface area is 256 Å². The lowest BCUT2D eigenvalue weighted by molar-refractivity contribution is 0.00706. The summed E-state index contributed by atoms with van der Waals surface area (Å²) < 4.78 is 23.0. The Kier molecular flexibility index (Phi) is 9.37. The summed E-state index contributed by atoms with van der Waals surface area (Å²) in [5.74, 6) is 0.442. The van der Waals surface area contributed by atoms with Gasteiger partial charge in [0.2, 0.25) is 0 Å². The number of carbonyl (C=O) groups excluding carboxylic acids is 1. The number of amides is 1. The average Bonchev–Trinajstić information content (AvgIpc) is 3.69. The second-order valence-electron chi connectivity index (χ2n) is 12.0. The van der Waals surface area contributed by atoms with Crippen molar-refractivity contribution in [3.63, 3.8) is 0 Å². The fraction of sp³-hybridized carbons (Fsp3) is 0.594. The van der Waals surface area contributed by atoms with E-state index in [0.717, 1.165) is 56.9 Å². The van der Waals surface area contributed by atoms with Crippen molar-refractivity contribution >= 4 is 28.9 Å². The van der Waals surface area contributed by atoms with Crippen LogP contribution in [0.1, 0.15) is 76.7 Å². The molecule has 2 aromatic heterocycles. The number of rotatable bonds is 10. The standard InChI is InChI=1S/C32H41ClN4O6/c1-3-5-22(6-4-2)42-32(39)34-21-13-11-19(12-14-21)18-7-9-20(10-8-18)27-23(33)15-24-30(36-27)37-31(35-24)43-26-17-41-28-25(38)16-40-29(26)28/h7-10,15,19,21-22,25-26,28-29,38H,3-6,11-14,16-17H2,1-2H3,(H,34,39)(H,35,36,37). The Morgan fingerprint density at radius 1 is 1.07 bits per heavy atom. The number of aromatic nitrogens is 3.